The highest BCUT2D eigenvalue weighted by molar-refractivity contribution is 7.09. The van der Waals surface area contributed by atoms with Crippen molar-refractivity contribution in [3.8, 4) is 0 Å². The molecule has 2 heterocycles. The van der Waals surface area contributed by atoms with Crippen molar-refractivity contribution in [2.75, 3.05) is 19.6 Å². The summed E-state index contributed by atoms with van der Waals surface area (Å²) in [6, 6.07) is 0.666. The lowest BCUT2D eigenvalue weighted by Gasteiger charge is -2.23. The fraction of sp³-hybridized carbons (Fsp3) is 0.727. The van der Waals surface area contributed by atoms with Crippen molar-refractivity contribution in [2.24, 2.45) is 0 Å². The molecule has 0 radical (unpaired) electrons. The molecule has 1 aliphatic rings. The van der Waals surface area contributed by atoms with Crippen molar-refractivity contribution in [3.63, 3.8) is 0 Å². The van der Waals surface area contributed by atoms with Crippen LogP contribution in [0.1, 0.15) is 23.5 Å². The van der Waals surface area contributed by atoms with Crippen LogP contribution in [0.25, 0.3) is 0 Å². The predicted molar refractivity (Wildman–Crippen MR) is 64.4 cm³/mol. The first-order chi connectivity index (χ1) is 7.34. The molecule has 4 heteroatoms. The first-order valence-electron chi connectivity index (χ1n) is 5.70. The summed E-state index contributed by atoms with van der Waals surface area (Å²) in [6.45, 7) is 5.42. The highest BCUT2D eigenvalue weighted by atomic mass is 32.1. The zero-order chi connectivity index (χ0) is 10.5. The van der Waals surface area contributed by atoms with Crippen LogP contribution in [-0.4, -0.2) is 30.7 Å². The van der Waals surface area contributed by atoms with E-state index in [0.717, 1.165) is 25.2 Å². The largest absolute Gasteiger partial charge is 0.315 e. The lowest BCUT2D eigenvalue weighted by molar-refractivity contribution is 0.392. The van der Waals surface area contributed by atoms with Gasteiger partial charge in [-0.1, -0.05) is 0 Å². The molecule has 15 heavy (non-hydrogen) atoms. The van der Waals surface area contributed by atoms with E-state index in [1.165, 1.54) is 24.4 Å². The quantitative estimate of drug-likeness (QED) is 0.812. The summed E-state index contributed by atoms with van der Waals surface area (Å²) < 4.78 is 0. The summed E-state index contributed by atoms with van der Waals surface area (Å²) >= 11 is 1.77. The molecule has 1 aromatic rings. The second-order valence-electron chi connectivity index (χ2n) is 4.13. The highest BCUT2D eigenvalue weighted by Crippen LogP contribution is 2.09. The number of hydrogen-bond acceptors (Lipinski definition) is 4. The number of hydrogen-bond donors (Lipinski definition) is 2. The molecule has 0 saturated carbocycles. The van der Waals surface area contributed by atoms with Gasteiger partial charge in [0.15, 0.2) is 0 Å². The molecule has 0 aliphatic carbocycles. The van der Waals surface area contributed by atoms with Gasteiger partial charge in [-0.25, -0.2) is 4.98 Å². The lowest BCUT2D eigenvalue weighted by Crippen LogP contribution is -2.43. The maximum absolute atomic E-state index is 4.46. The number of thiazole rings is 1. The fourth-order valence-corrected chi connectivity index (χ4v) is 2.70. The number of aromatic nitrogens is 1. The Hall–Kier alpha value is -0.450. The van der Waals surface area contributed by atoms with E-state index in [9.17, 15) is 0 Å². The molecule has 2 N–H and O–H groups in total. The average Bonchev–Trinajstić information content (AvgIpc) is 2.66. The number of piperidine rings is 1. The molecule has 0 spiro atoms. The average molecular weight is 225 g/mol. The van der Waals surface area contributed by atoms with Crippen molar-refractivity contribution in [2.45, 2.75) is 32.2 Å². The molecule has 2 rings (SSSR count). The van der Waals surface area contributed by atoms with Crippen LogP contribution in [0.4, 0.5) is 0 Å². The van der Waals surface area contributed by atoms with Crippen molar-refractivity contribution in [1.82, 2.24) is 15.6 Å². The molecule has 0 bridgehead atoms. The van der Waals surface area contributed by atoms with Crippen molar-refractivity contribution in [3.05, 3.63) is 16.1 Å². The van der Waals surface area contributed by atoms with Gasteiger partial charge in [0.25, 0.3) is 0 Å². The van der Waals surface area contributed by atoms with E-state index in [1.807, 2.05) is 0 Å². The third-order valence-electron chi connectivity index (χ3n) is 2.74. The number of aryl methyl sites for hydroxylation is 1. The molecular weight excluding hydrogens is 206 g/mol. The Kier molecular flexibility index (Phi) is 4.11. The van der Waals surface area contributed by atoms with Crippen LogP contribution in [0.5, 0.6) is 0 Å². The Morgan fingerprint density at radius 1 is 1.67 bits per heavy atom. The molecule has 0 amide bonds. The van der Waals surface area contributed by atoms with Crippen LogP contribution in [-0.2, 0) is 6.42 Å². The van der Waals surface area contributed by atoms with Gasteiger partial charge < -0.3 is 10.6 Å². The predicted octanol–water partition coefficient (Wildman–Crippen LogP) is 1.34. The molecule has 1 unspecified atom stereocenters. The Balaban J connectivity index is 1.65. The Bertz CT molecular complexity index is 292. The highest BCUT2D eigenvalue weighted by Gasteiger charge is 2.11. The van der Waals surface area contributed by atoms with E-state index >= 15 is 0 Å². The molecule has 3 nitrogen and oxygen atoms in total. The number of nitrogens with zero attached hydrogens (tertiary/aromatic N) is 1. The standard InChI is InChI=1S/C11H19N3S/c1-9-8-15-11(14-9)4-6-13-10-3-2-5-12-7-10/h8,10,12-13H,2-7H2,1H3. The summed E-state index contributed by atoms with van der Waals surface area (Å²) in [6.07, 6.45) is 3.67. The van der Waals surface area contributed by atoms with Crippen molar-refractivity contribution in [1.29, 1.82) is 0 Å². The summed E-state index contributed by atoms with van der Waals surface area (Å²) in [5.41, 5.74) is 1.15. The molecule has 84 valence electrons. The Morgan fingerprint density at radius 3 is 3.27 bits per heavy atom. The van der Waals surface area contributed by atoms with E-state index in [2.05, 4.69) is 27.9 Å². The van der Waals surface area contributed by atoms with Gasteiger partial charge in [0.1, 0.15) is 0 Å². The molecule has 1 atom stereocenters. The van der Waals surface area contributed by atoms with Gasteiger partial charge in [-0.05, 0) is 26.3 Å². The Labute approximate surface area is 95.3 Å². The fourth-order valence-electron chi connectivity index (χ4n) is 1.93. The van der Waals surface area contributed by atoms with Gasteiger partial charge in [0.2, 0.25) is 0 Å². The van der Waals surface area contributed by atoms with Crippen LogP contribution in [0.15, 0.2) is 5.38 Å². The first-order valence-corrected chi connectivity index (χ1v) is 6.57. The van der Waals surface area contributed by atoms with Gasteiger partial charge in [-0.3, -0.25) is 0 Å². The van der Waals surface area contributed by atoms with Gasteiger partial charge in [-0.15, -0.1) is 11.3 Å². The van der Waals surface area contributed by atoms with Gasteiger partial charge in [0, 0.05) is 36.6 Å². The van der Waals surface area contributed by atoms with E-state index in [4.69, 9.17) is 0 Å². The van der Waals surface area contributed by atoms with Crippen molar-refractivity contribution >= 4 is 11.3 Å². The minimum absolute atomic E-state index is 0.666. The number of rotatable bonds is 4. The molecule has 1 aliphatic heterocycles. The monoisotopic (exact) mass is 225 g/mol. The summed E-state index contributed by atoms with van der Waals surface area (Å²) in [4.78, 5) is 4.46. The number of nitrogens with one attached hydrogen (secondary N) is 2. The normalized spacial score (nSPS) is 21.8. The van der Waals surface area contributed by atoms with Crippen LogP contribution >= 0.6 is 11.3 Å². The molecule has 0 aromatic carbocycles. The zero-order valence-electron chi connectivity index (χ0n) is 9.25. The second kappa shape index (κ2) is 5.58. The summed E-state index contributed by atoms with van der Waals surface area (Å²) in [7, 11) is 0. The third-order valence-corrected chi connectivity index (χ3v) is 3.76. The topological polar surface area (TPSA) is 37.0 Å². The smallest absolute Gasteiger partial charge is 0.0940 e. The van der Waals surface area contributed by atoms with Gasteiger partial charge in [0.05, 0.1) is 5.01 Å². The first kappa shape index (κ1) is 11.0. The van der Waals surface area contributed by atoms with Crippen molar-refractivity contribution < 1.29 is 0 Å². The van der Waals surface area contributed by atoms with Gasteiger partial charge in [-0.2, -0.15) is 0 Å². The van der Waals surface area contributed by atoms with Crippen LogP contribution in [0.3, 0.4) is 0 Å². The van der Waals surface area contributed by atoms with E-state index < -0.39 is 0 Å². The third kappa shape index (κ3) is 3.55. The van der Waals surface area contributed by atoms with Crippen LogP contribution in [0.2, 0.25) is 0 Å². The van der Waals surface area contributed by atoms with E-state index in [1.54, 1.807) is 11.3 Å². The molecular formula is C11H19N3S. The summed E-state index contributed by atoms with van der Waals surface area (Å²) in [5.74, 6) is 0. The molecule has 1 saturated heterocycles. The maximum Gasteiger partial charge on any atom is 0.0940 e. The zero-order valence-corrected chi connectivity index (χ0v) is 10.1. The van der Waals surface area contributed by atoms with Gasteiger partial charge >= 0.3 is 0 Å². The summed E-state index contributed by atoms with van der Waals surface area (Å²) in [5, 5.41) is 10.4. The minimum atomic E-state index is 0.666. The SMILES string of the molecule is Cc1csc(CCNC2CCCNC2)n1. The molecule has 1 aromatic heterocycles. The maximum atomic E-state index is 4.46. The van der Waals surface area contributed by atoms with E-state index in [0.29, 0.717) is 6.04 Å². The van der Waals surface area contributed by atoms with Crippen LogP contribution in [0, 0.1) is 6.92 Å². The minimum Gasteiger partial charge on any atom is -0.315 e. The van der Waals surface area contributed by atoms with E-state index in [-0.39, 0.29) is 0 Å². The Morgan fingerprint density at radius 2 is 2.60 bits per heavy atom. The second-order valence-corrected chi connectivity index (χ2v) is 5.07. The molecule has 1 fully saturated rings. The lowest BCUT2D eigenvalue weighted by atomic mass is 10.1. The van der Waals surface area contributed by atoms with Crippen LogP contribution < -0.4 is 10.6 Å².